The summed E-state index contributed by atoms with van der Waals surface area (Å²) in [6.45, 7) is 1.93. The van der Waals surface area contributed by atoms with Gasteiger partial charge in [-0.05, 0) is 43.7 Å². The Morgan fingerprint density at radius 2 is 2.06 bits per heavy atom. The molecule has 1 fully saturated rings. The number of hydrogen-bond donors (Lipinski definition) is 1. The number of aromatic nitrogens is 2. The predicted molar refractivity (Wildman–Crippen MR) is 64.5 cm³/mol. The second-order valence-corrected chi connectivity index (χ2v) is 4.50. The van der Waals surface area contributed by atoms with Crippen LogP contribution in [0.15, 0.2) is 28.7 Å². The number of piperidine rings is 1. The van der Waals surface area contributed by atoms with Crippen molar-refractivity contribution < 1.29 is 8.81 Å². The van der Waals surface area contributed by atoms with E-state index in [2.05, 4.69) is 15.5 Å². The molecule has 3 rings (SSSR count). The van der Waals surface area contributed by atoms with Crippen molar-refractivity contribution in [3.05, 3.63) is 36.0 Å². The third kappa shape index (κ3) is 2.26. The molecule has 1 unspecified atom stereocenters. The van der Waals surface area contributed by atoms with Crippen molar-refractivity contribution >= 4 is 0 Å². The first-order valence-electron chi connectivity index (χ1n) is 6.13. The fraction of sp³-hybridized carbons (Fsp3) is 0.385. The van der Waals surface area contributed by atoms with Crippen LogP contribution in [0, 0.1) is 5.82 Å². The van der Waals surface area contributed by atoms with Crippen molar-refractivity contribution in [2.24, 2.45) is 0 Å². The molecule has 1 atom stereocenters. The van der Waals surface area contributed by atoms with Crippen LogP contribution in [0.4, 0.5) is 4.39 Å². The highest BCUT2D eigenvalue weighted by molar-refractivity contribution is 5.52. The summed E-state index contributed by atoms with van der Waals surface area (Å²) in [5.41, 5.74) is 0.749. The Balaban J connectivity index is 1.82. The third-order valence-corrected chi connectivity index (χ3v) is 3.18. The van der Waals surface area contributed by atoms with E-state index >= 15 is 0 Å². The summed E-state index contributed by atoms with van der Waals surface area (Å²) in [6.07, 6.45) is 2.19. The molecule has 1 saturated heterocycles. The van der Waals surface area contributed by atoms with Crippen LogP contribution >= 0.6 is 0 Å². The van der Waals surface area contributed by atoms with E-state index in [1.807, 2.05) is 0 Å². The van der Waals surface area contributed by atoms with Gasteiger partial charge in [0.05, 0.1) is 0 Å². The highest BCUT2D eigenvalue weighted by Crippen LogP contribution is 2.25. The van der Waals surface area contributed by atoms with Crippen LogP contribution < -0.4 is 5.32 Å². The number of nitrogens with one attached hydrogen (secondary N) is 1. The number of benzene rings is 1. The van der Waals surface area contributed by atoms with Gasteiger partial charge in [0.1, 0.15) is 5.82 Å². The molecule has 0 amide bonds. The van der Waals surface area contributed by atoms with Crippen LogP contribution in [0.2, 0.25) is 0 Å². The van der Waals surface area contributed by atoms with E-state index in [-0.39, 0.29) is 5.82 Å². The van der Waals surface area contributed by atoms with E-state index in [0.29, 0.717) is 17.7 Å². The zero-order valence-corrected chi connectivity index (χ0v) is 9.90. The molecule has 0 spiro atoms. The van der Waals surface area contributed by atoms with Gasteiger partial charge >= 0.3 is 0 Å². The van der Waals surface area contributed by atoms with Crippen molar-refractivity contribution in [3.8, 4) is 11.5 Å². The summed E-state index contributed by atoms with van der Waals surface area (Å²) in [5, 5.41) is 11.4. The lowest BCUT2D eigenvalue weighted by molar-refractivity contribution is 0.380. The van der Waals surface area contributed by atoms with Crippen LogP contribution in [-0.4, -0.2) is 23.3 Å². The first-order valence-corrected chi connectivity index (χ1v) is 6.13. The number of halogens is 1. The molecule has 0 bridgehead atoms. The monoisotopic (exact) mass is 247 g/mol. The topological polar surface area (TPSA) is 51.0 Å². The molecule has 1 aromatic carbocycles. The molecule has 0 saturated carbocycles. The molecule has 2 heterocycles. The first-order chi connectivity index (χ1) is 8.83. The Hall–Kier alpha value is -1.75. The van der Waals surface area contributed by atoms with Gasteiger partial charge in [-0.25, -0.2) is 4.39 Å². The summed E-state index contributed by atoms with van der Waals surface area (Å²) in [4.78, 5) is 0. The van der Waals surface area contributed by atoms with Crippen LogP contribution in [-0.2, 0) is 0 Å². The van der Waals surface area contributed by atoms with Gasteiger partial charge < -0.3 is 9.73 Å². The molecule has 0 aliphatic carbocycles. The van der Waals surface area contributed by atoms with Gasteiger partial charge in [-0.15, -0.1) is 10.2 Å². The summed E-state index contributed by atoms with van der Waals surface area (Å²) in [6, 6.07) is 6.07. The largest absolute Gasteiger partial charge is 0.420 e. The van der Waals surface area contributed by atoms with E-state index in [1.54, 1.807) is 12.1 Å². The maximum atomic E-state index is 12.8. The Labute approximate surface area is 104 Å². The van der Waals surface area contributed by atoms with E-state index in [4.69, 9.17) is 4.42 Å². The molecule has 94 valence electrons. The smallest absolute Gasteiger partial charge is 0.247 e. The molecule has 2 aromatic rings. The lowest BCUT2D eigenvalue weighted by Gasteiger charge is -2.18. The van der Waals surface area contributed by atoms with E-state index in [9.17, 15) is 4.39 Å². The second kappa shape index (κ2) is 4.86. The van der Waals surface area contributed by atoms with E-state index in [0.717, 1.165) is 31.5 Å². The van der Waals surface area contributed by atoms with Crippen LogP contribution in [0.5, 0.6) is 0 Å². The number of rotatable bonds is 2. The molecule has 1 aliphatic heterocycles. The predicted octanol–water partition coefficient (Wildman–Crippen LogP) is 2.34. The molecule has 1 N–H and O–H groups in total. The van der Waals surface area contributed by atoms with Crippen LogP contribution in [0.1, 0.15) is 24.7 Å². The quantitative estimate of drug-likeness (QED) is 0.885. The molecule has 1 aromatic heterocycles. The molecule has 1 aliphatic rings. The Morgan fingerprint density at radius 3 is 2.78 bits per heavy atom. The highest BCUT2D eigenvalue weighted by atomic mass is 19.1. The van der Waals surface area contributed by atoms with Crippen molar-refractivity contribution in [1.29, 1.82) is 0 Å². The van der Waals surface area contributed by atoms with Gasteiger partial charge in [0.25, 0.3) is 0 Å². The van der Waals surface area contributed by atoms with Gasteiger partial charge in [-0.1, -0.05) is 0 Å². The van der Waals surface area contributed by atoms with Crippen molar-refractivity contribution in [2.45, 2.75) is 18.8 Å². The third-order valence-electron chi connectivity index (χ3n) is 3.18. The minimum absolute atomic E-state index is 0.269. The van der Waals surface area contributed by atoms with Gasteiger partial charge in [0.2, 0.25) is 11.8 Å². The van der Waals surface area contributed by atoms with E-state index < -0.39 is 0 Å². The highest BCUT2D eigenvalue weighted by Gasteiger charge is 2.21. The summed E-state index contributed by atoms with van der Waals surface area (Å²) < 4.78 is 18.5. The minimum atomic E-state index is -0.269. The zero-order valence-electron chi connectivity index (χ0n) is 9.90. The maximum absolute atomic E-state index is 12.8. The minimum Gasteiger partial charge on any atom is -0.420 e. The van der Waals surface area contributed by atoms with Gasteiger partial charge in [-0.3, -0.25) is 0 Å². The van der Waals surface area contributed by atoms with Crippen LogP contribution in [0.3, 0.4) is 0 Å². The van der Waals surface area contributed by atoms with Crippen LogP contribution in [0.25, 0.3) is 11.5 Å². The lowest BCUT2D eigenvalue weighted by Crippen LogP contribution is -2.28. The molecular weight excluding hydrogens is 233 g/mol. The number of hydrogen-bond acceptors (Lipinski definition) is 4. The molecule has 0 radical (unpaired) electrons. The molecule has 18 heavy (non-hydrogen) atoms. The summed E-state index contributed by atoms with van der Waals surface area (Å²) >= 11 is 0. The first kappa shape index (κ1) is 11.3. The van der Waals surface area contributed by atoms with Gasteiger partial charge in [0, 0.05) is 18.0 Å². The fourth-order valence-corrected chi connectivity index (χ4v) is 2.17. The van der Waals surface area contributed by atoms with E-state index in [1.165, 1.54) is 12.1 Å². The second-order valence-electron chi connectivity index (χ2n) is 4.50. The van der Waals surface area contributed by atoms with Crippen molar-refractivity contribution in [3.63, 3.8) is 0 Å². The van der Waals surface area contributed by atoms with Crippen molar-refractivity contribution in [1.82, 2.24) is 15.5 Å². The van der Waals surface area contributed by atoms with Crippen molar-refractivity contribution in [2.75, 3.05) is 13.1 Å². The Kier molecular flexibility index (Phi) is 3.06. The standard InChI is InChI=1S/C13H14FN3O/c14-11-5-3-9(4-6-11)12-16-17-13(18-12)10-2-1-7-15-8-10/h3-6,10,15H,1-2,7-8H2. The lowest BCUT2D eigenvalue weighted by atomic mass is 10.00. The molecular formula is C13H14FN3O. The summed E-state index contributed by atoms with van der Waals surface area (Å²) in [5.74, 6) is 1.15. The maximum Gasteiger partial charge on any atom is 0.247 e. The average molecular weight is 247 g/mol. The zero-order chi connectivity index (χ0) is 12.4. The van der Waals surface area contributed by atoms with Gasteiger partial charge in [0.15, 0.2) is 0 Å². The summed E-state index contributed by atoms with van der Waals surface area (Å²) in [7, 11) is 0. The molecule has 5 heteroatoms. The molecule has 4 nitrogen and oxygen atoms in total. The van der Waals surface area contributed by atoms with Gasteiger partial charge in [-0.2, -0.15) is 0 Å². The average Bonchev–Trinajstić information content (AvgIpc) is 2.90. The SMILES string of the molecule is Fc1ccc(-c2nnc(C3CCCNC3)o2)cc1. The Morgan fingerprint density at radius 1 is 1.22 bits per heavy atom. The Bertz CT molecular complexity index is 517. The number of nitrogens with zero attached hydrogens (tertiary/aromatic N) is 2. The fourth-order valence-electron chi connectivity index (χ4n) is 2.17. The normalized spacial score (nSPS) is 19.9.